The van der Waals surface area contributed by atoms with Gasteiger partial charge in [0, 0.05) is 31.2 Å². The van der Waals surface area contributed by atoms with E-state index in [2.05, 4.69) is 20.8 Å². The minimum atomic E-state index is -2.83. The second-order valence-electron chi connectivity index (χ2n) is 4.23. The first-order chi connectivity index (χ1) is 7.51. The van der Waals surface area contributed by atoms with Gasteiger partial charge in [-0.25, -0.2) is 8.42 Å². The van der Waals surface area contributed by atoms with E-state index in [0.29, 0.717) is 12.6 Å². The number of alkyl halides is 1. The van der Waals surface area contributed by atoms with E-state index in [0.717, 1.165) is 37.9 Å². The summed E-state index contributed by atoms with van der Waals surface area (Å²) in [4.78, 5) is 2.20. The van der Waals surface area contributed by atoms with Crippen LogP contribution in [0.25, 0.3) is 0 Å². The number of hydrogen-bond acceptors (Lipinski definition) is 4. The minimum absolute atomic E-state index is 0.264. The van der Waals surface area contributed by atoms with Gasteiger partial charge in [0.1, 0.15) is 9.84 Å². The molecule has 1 heterocycles. The first-order valence-electron chi connectivity index (χ1n) is 5.59. The van der Waals surface area contributed by atoms with Gasteiger partial charge in [0.05, 0.1) is 18.5 Å². The van der Waals surface area contributed by atoms with Crippen molar-refractivity contribution in [3.05, 3.63) is 0 Å². The Morgan fingerprint density at radius 3 is 2.50 bits per heavy atom. The second-order valence-corrected chi connectivity index (χ2v) is 7.28. The summed E-state index contributed by atoms with van der Waals surface area (Å²) in [6.45, 7) is 3.31. The fraction of sp³-hybridized carbons (Fsp3) is 1.00. The Bertz CT molecular complexity index is 286. The average molecular weight is 314 g/mol. The monoisotopic (exact) mass is 313 g/mol. The van der Waals surface area contributed by atoms with Gasteiger partial charge in [-0.15, -0.1) is 0 Å². The van der Waals surface area contributed by atoms with Crippen LogP contribution in [0.2, 0.25) is 0 Å². The lowest BCUT2D eigenvalue weighted by molar-refractivity contribution is 0.0173. The number of likely N-dealkylation sites (tertiary alicyclic amines) is 1. The zero-order valence-corrected chi connectivity index (χ0v) is 12.1. The second kappa shape index (κ2) is 6.93. The van der Waals surface area contributed by atoms with Gasteiger partial charge in [0.2, 0.25) is 0 Å². The Balaban J connectivity index is 2.17. The third kappa shape index (κ3) is 6.18. The standard InChI is InChI=1S/C10H20BrNO3S/c1-16(13,14)9-7-12-5-2-10(3-6-12)15-8-4-11/h10H,2-9H2,1H3. The molecule has 0 N–H and O–H groups in total. The highest BCUT2D eigenvalue weighted by molar-refractivity contribution is 9.09. The van der Waals surface area contributed by atoms with Crippen molar-refractivity contribution in [1.82, 2.24) is 4.90 Å². The highest BCUT2D eigenvalue weighted by Gasteiger charge is 2.19. The van der Waals surface area contributed by atoms with Crippen LogP contribution in [0.5, 0.6) is 0 Å². The number of hydrogen-bond donors (Lipinski definition) is 0. The molecule has 0 amide bonds. The van der Waals surface area contributed by atoms with Crippen LogP contribution >= 0.6 is 15.9 Å². The van der Waals surface area contributed by atoms with Gasteiger partial charge in [0.25, 0.3) is 0 Å². The van der Waals surface area contributed by atoms with Gasteiger partial charge in [-0.3, -0.25) is 0 Å². The predicted molar refractivity (Wildman–Crippen MR) is 68.9 cm³/mol. The lowest BCUT2D eigenvalue weighted by Gasteiger charge is -2.31. The molecule has 0 atom stereocenters. The summed E-state index contributed by atoms with van der Waals surface area (Å²) in [5.74, 6) is 0.264. The fourth-order valence-electron chi connectivity index (χ4n) is 1.81. The maximum absolute atomic E-state index is 11.0. The quantitative estimate of drug-likeness (QED) is 0.684. The van der Waals surface area contributed by atoms with Crippen molar-refractivity contribution in [2.75, 3.05) is 43.6 Å². The molecule has 1 saturated heterocycles. The lowest BCUT2D eigenvalue weighted by atomic mass is 10.1. The molecule has 0 unspecified atom stereocenters. The molecule has 1 aliphatic heterocycles. The maximum atomic E-state index is 11.0. The highest BCUT2D eigenvalue weighted by atomic mass is 79.9. The molecule has 16 heavy (non-hydrogen) atoms. The summed E-state index contributed by atoms with van der Waals surface area (Å²) in [7, 11) is -2.83. The van der Waals surface area contributed by atoms with E-state index in [4.69, 9.17) is 4.74 Å². The molecular weight excluding hydrogens is 294 g/mol. The molecule has 0 aromatic carbocycles. The molecular formula is C10H20BrNO3S. The molecule has 0 radical (unpaired) electrons. The number of rotatable bonds is 6. The molecule has 1 rings (SSSR count). The number of piperidine rings is 1. The van der Waals surface area contributed by atoms with Gasteiger partial charge in [-0.05, 0) is 12.8 Å². The lowest BCUT2D eigenvalue weighted by Crippen LogP contribution is -2.39. The normalized spacial score (nSPS) is 20.1. The molecule has 0 saturated carbocycles. The number of ether oxygens (including phenoxy) is 1. The van der Waals surface area contributed by atoms with E-state index in [-0.39, 0.29) is 5.75 Å². The van der Waals surface area contributed by atoms with Crippen molar-refractivity contribution in [3.8, 4) is 0 Å². The minimum Gasteiger partial charge on any atom is -0.377 e. The van der Waals surface area contributed by atoms with Gasteiger partial charge in [-0.1, -0.05) is 15.9 Å². The zero-order chi connectivity index (χ0) is 12.0. The number of halogens is 1. The maximum Gasteiger partial charge on any atom is 0.148 e. The van der Waals surface area contributed by atoms with Crippen molar-refractivity contribution in [3.63, 3.8) is 0 Å². The summed E-state index contributed by atoms with van der Waals surface area (Å²) in [6, 6.07) is 0. The molecule has 6 heteroatoms. The number of sulfone groups is 1. The van der Waals surface area contributed by atoms with Crippen LogP contribution in [0.3, 0.4) is 0 Å². The first-order valence-corrected chi connectivity index (χ1v) is 8.77. The molecule has 0 aromatic heterocycles. The van der Waals surface area contributed by atoms with Crippen LogP contribution in [0, 0.1) is 0 Å². The molecule has 0 aromatic rings. The van der Waals surface area contributed by atoms with Crippen molar-refractivity contribution in [2.45, 2.75) is 18.9 Å². The topological polar surface area (TPSA) is 46.6 Å². The van der Waals surface area contributed by atoms with Crippen LogP contribution in [0.4, 0.5) is 0 Å². The number of nitrogens with zero attached hydrogens (tertiary/aromatic N) is 1. The molecule has 0 aliphatic carbocycles. The van der Waals surface area contributed by atoms with Gasteiger partial charge in [-0.2, -0.15) is 0 Å². The van der Waals surface area contributed by atoms with Gasteiger partial charge >= 0.3 is 0 Å². The third-order valence-electron chi connectivity index (χ3n) is 2.74. The Labute approximate surface area is 106 Å². The zero-order valence-electron chi connectivity index (χ0n) is 9.69. The van der Waals surface area contributed by atoms with E-state index in [9.17, 15) is 8.42 Å². The van der Waals surface area contributed by atoms with Crippen LogP contribution < -0.4 is 0 Å². The van der Waals surface area contributed by atoms with Crippen molar-refractivity contribution >= 4 is 25.8 Å². The van der Waals surface area contributed by atoms with E-state index < -0.39 is 9.84 Å². The van der Waals surface area contributed by atoms with Gasteiger partial charge in [0.15, 0.2) is 0 Å². The summed E-state index contributed by atoms with van der Waals surface area (Å²) in [5, 5.41) is 0.876. The van der Waals surface area contributed by atoms with E-state index in [1.165, 1.54) is 6.26 Å². The molecule has 4 nitrogen and oxygen atoms in total. The SMILES string of the molecule is CS(=O)(=O)CCN1CCC(OCCBr)CC1. The van der Waals surface area contributed by atoms with E-state index >= 15 is 0 Å². The molecule has 1 aliphatic rings. The van der Waals surface area contributed by atoms with Gasteiger partial charge < -0.3 is 9.64 Å². The molecule has 96 valence electrons. The summed E-state index contributed by atoms with van der Waals surface area (Å²) < 4.78 is 27.7. The first kappa shape index (κ1) is 14.4. The van der Waals surface area contributed by atoms with Crippen LogP contribution in [0.1, 0.15) is 12.8 Å². The summed E-state index contributed by atoms with van der Waals surface area (Å²) in [6.07, 6.45) is 3.67. The Kier molecular flexibility index (Phi) is 6.25. The molecule has 0 spiro atoms. The molecule has 0 bridgehead atoms. The predicted octanol–water partition coefficient (Wildman–Crippen LogP) is 0.907. The Morgan fingerprint density at radius 1 is 1.38 bits per heavy atom. The smallest absolute Gasteiger partial charge is 0.148 e. The average Bonchev–Trinajstić information content (AvgIpc) is 2.24. The third-order valence-corrected chi connectivity index (χ3v) is 3.99. The Morgan fingerprint density at radius 2 is 2.00 bits per heavy atom. The van der Waals surface area contributed by atoms with Crippen molar-refractivity contribution < 1.29 is 13.2 Å². The Hall–Kier alpha value is 0.350. The van der Waals surface area contributed by atoms with E-state index in [1.807, 2.05) is 0 Å². The highest BCUT2D eigenvalue weighted by Crippen LogP contribution is 2.13. The molecule has 1 fully saturated rings. The van der Waals surface area contributed by atoms with Crippen molar-refractivity contribution in [2.24, 2.45) is 0 Å². The van der Waals surface area contributed by atoms with E-state index in [1.54, 1.807) is 0 Å². The van der Waals surface area contributed by atoms with Crippen molar-refractivity contribution in [1.29, 1.82) is 0 Å². The van der Waals surface area contributed by atoms with Crippen LogP contribution in [0.15, 0.2) is 0 Å². The van der Waals surface area contributed by atoms with Crippen LogP contribution in [-0.2, 0) is 14.6 Å². The largest absolute Gasteiger partial charge is 0.377 e. The van der Waals surface area contributed by atoms with Crippen LogP contribution in [-0.4, -0.2) is 63.0 Å². The fourth-order valence-corrected chi connectivity index (χ4v) is 2.58. The summed E-state index contributed by atoms with van der Waals surface area (Å²) in [5.41, 5.74) is 0. The summed E-state index contributed by atoms with van der Waals surface area (Å²) >= 11 is 3.33.